The van der Waals surface area contributed by atoms with Crippen LogP contribution in [-0.4, -0.2) is 22.9 Å². The van der Waals surface area contributed by atoms with Gasteiger partial charge in [-0.2, -0.15) is 0 Å². The predicted molar refractivity (Wildman–Crippen MR) is 165 cm³/mol. The van der Waals surface area contributed by atoms with Crippen molar-refractivity contribution in [3.63, 3.8) is 0 Å². The molecule has 0 spiro atoms. The fraction of sp³-hybridized carbons (Fsp3) is 0.333. The van der Waals surface area contributed by atoms with E-state index in [2.05, 4.69) is 58.9 Å². The average molecular weight is 539 g/mol. The highest BCUT2D eigenvalue weighted by atomic mass is 16.5. The molecule has 0 heterocycles. The zero-order valence-corrected chi connectivity index (χ0v) is 25.3. The number of hydrogen-bond donors (Lipinski definition) is 2. The number of phenolic OH excluding ortho intramolecular Hbond substituents is 2. The van der Waals surface area contributed by atoms with E-state index in [1.807, 2.05) is 52.0 Å². The van der Waals surface area contributed by atoms with Gasteiger partial charge >= 0.3 is 0 Å². The lowest BCUT2D eigenvalue weighted by molar-refractivity contribution is 0.174. The zero-order valence-electron chi connectivity index (χ0n) is 25.3. The molecule has 0 saturated carbocycles. The maximum atomic E-state index is 10.2. The van der Waals surface area contributed by atoms with Gasteiger partial charge in [0.25, 0.3) is 0 Å². The lowest BCUT2D eigenvalue weighted by Crippen LogP contribution is -2.17. The number of ether oxygens (including phenoxy) is 2. The van der Waals surface area contributed by atoms with E-state index < -0.39 is 0 Å². The second-order valence-corrected chi connectivity index (χ2v) is 11.4. The molecule has 0 radical (unpaired) electrons. The fourth-order valence-electron chi connectivity index (χ4n) is 5.48. The van der Waals surface area contributed by atoms with E-state index in [0.29, 0.717) is 18.1 Å². The standard InChI is InChI=1S/C36H42O4/c1-20-12-29(13-21(2)33(20)37)31-16-24(5)35(25(6)17-31)39-11-10-28(9)40-36-26(7)18-32(19-27(36)8)30-14-22(3)34(38)23(4)15-30/h12-19,28,37-38H,10-11H2,1-9H3. The van der Waals surface area contributed by atoms with Gasteiger partial charge in [-0.1, -0.05) is 0 Å². The first-order chi connectivity index (χ1) is 18.8. The normalized spacial score (nSPS) is 11.9. The Bertz CT molecular complexity index is 1470. The summed E-state index contributed by atoms with van der Waals surface area (Å²) in [6, 6.07) is 16.7. The SMILES string of the molecule is Cc1cc(-c2cc(C)c(OCCC(C)Oc3c(C)cc(-c4cc(C)c(O)c(C)c4)cc3C)c(C)c2)cc(C)c1O. The van der Waals surface area contributed by atoms with Crippen LogP contribution in [0.2, 0.25) is 0 Å². The Morgan fingerprint density at radius 1 is 0.500 bits per heavy atom. The molecule has 0 bridgehead atoms. The number of rotatable bonds is 8. The van der Waals surface area contributed by atoms with E-state index in [1.54, 1.807) is 0 Å². The third kappa shape index (κ3) is 6.12. The van der Waals surface area contributed by atoms with Crippen LogP contribution in [0.5, 0.6) is 23.0 Å². The molecule has 4 nitrogen and oxygen atoms in total. The van der Waals surface area contributed by atoms with Gasteiger partial charge in [-0.15, -0.1) is 0 Å². The highest BCUT2D eigenvalue weighted by Crippen LogP contribution is 2.36. The summed E-state index contributed by atoms with van der Waals surface area (Å²) in [6.45, 7) is 18.7. The van der Waals surface area contributed by atoms with Crippen LogP contribution in [0, 0.1) is 55.4 Å². The van der Waals surface area contributed by atoms with Crippen molar-refractivity contribution in [2.45, 2.75) is 74.8 Å². The van der Waals surface area contributed by atoms with Crippen LogP contribution in [0.15, 0.2) is 48.5 Å². The summed E-state index contributed by atoms with van der Waals surface area (Å²) in [5.74, 6) is 2.55. The Labute approximate surface area is 239 Å². The predicted octanol–water partition coefficient (Wildman–Crippen LogP) is 9.14. The van der Waals surface area contributed by atoms with Crippen molar-refractivity contribution < 1.29 is 19.7 Å². The molecule has 0 aromatic heterocycles. The van der Waals surface area contributed by atoms with Gasteiger partial charge in [0, 0.05) is 6.42 Å². The number of aryl methyl sites for hydroxylation is 8. The van der Waals surface area contributed by atoms with Crippen molar-refractivity contribution >= 4 is 0 Å². The van der Waals surface area contributed by atoms with Crippen molar-refractivity contribution in [3.05, 3.63) is 93.0 Å². The third-order valence-electron chi connectivity index (χ3n) is 7.66. The Kier molecular flexibility index (Phi) is 8.48. The van der Waals surface area contributed by atoms with E-state index in [4.69, 9.17) is 9.47 Å². The quantitative estimate of drug-likeness (QED) is 0.235. The van der Waals surface area contributed by atoms with E-state index in [9.17, 15) is 10.2 Å². The molecule has 1 atom stereocenters. The molecule has 4 heteroatoms. The second-order valence-electron chi connectivity index (χ2n) is 11.4. The number of hydrogen-bond acceptors (Lipinski definition) is 4. The van der Waals surface area contributed by atoms with Crippen molar-refractivity contribution in [2.24, 2.45) is 0 Å². The van der Waals surface area contributed by atoms with Gasteiger partial charge in [-0.05, 0) is 178 Å². The molecule has 4 rings (SSSR count). The monoisotopic (exact) mass is 538 g/mol. The molecule has 0 aliphatic carbocycles. The summed E-state index contributed by atoms with van der Waals surface area (Å²) in [6.07, 6.45) is 0.748. The van der Waals surface area contributed by atoms with Crippen LogP contribution >= 0.6 is 0 Å². The first kappa shape index (κ1) is 29.1. The largest absolute Gasteiger partial charge is 0.507 e. The van der Waals surface area contributed by atoms with Crippen molar-refractivity contribution in [1.82, 2.24) is 0 Å². The molecule has 0 fully saturated rings. The number of aromatic hydroxyl groups is 2. The maximum Gasteiger partial charge on any atom is 0.125 e. The van der Waals surface area contributed by atoms with Crippen LogP contribution in [-0.2, 0) is 0 Å². The molecule has 0 aliphatic heterocycles. The van der Waals surface area contributed by atoms with Gasteiger partial charge in [0.1, 0.15) is 23.0 Å². The van der Waals surface area contributed by atoms with Gasteiger partial charge in [0.05, 0.1) is 12.7 Å². The highest BCUT2D eigenvalue weighted by molar-refractivity contribution is 5.71. The van der Waals surface area contributed by atoms with Crippen LogP contribution in [0.3, 0.4) is 0 Å². The van der Waals surface area contributed by atoms with Gasteiger partial charge < -0.3 is 19.7 Å². The Hall–Kier alpha value is -3.92. The van der Waals surface area contributed by atoms with Gasteiger partial charge in [0.15, 0.2) is 0 Å². The molecular formula is C36H42O4. The summed E-state index contributed by atoms with van der Waals surface area (Å²) in [5.41, 5.74) is 12.3. The molecule has 210 valence electrons. The lowest BCUT2D eigenvalue weighted by Gasteiger charge is -2.21. The van der Waals surface area contributed by atoms with E-state index in [0.717, 1.165) is 84.7 Å². The van der Waals surface area contributed by atoms with Gasteiger partial charge in [0.2, 0.25) is 0 Å². The number of benzene rings is 4. The molecule has 2 N–H and O–H groups in total. The topological polar surface area (TPSA) is 58.9 Å². The maximum absolute atomic E-state index is 10.2. The summed E-state index contributed by atoms with van der Waals surface area (Å²) in [7, 11) is 0. The lowest BCUT2D eigenvalue weighted by atomic mass is 9.96. The first-order valence-electron chi connectivity index (χ1n) is 14.0. The Morgan fingerprint density at radius 3 is 1.15 bits per heavy atom. The molecule has 4 aromatic carbocycles. The number of phenols is 2. The second kappa shape index (κ2) is 11.7. The van der Waals surface area contributed by atoms with Crippen molar-refractivity contribution in [1.29, 1.82) is 0 Å². The smallest absolute Gasteiger partial charge is 0.125 e. The fourth-order valence-corrected chi connectivity index (χ4v) is 5.48. The van der Waals surface area contributed by atoms with E-state index in [1.165, 1.54) is 0 Å². The first-order valence-corrected chi connectivity index (χ1v) is 14.0. The summed E-state index contributed by atoms with van der Waals surface area (Å²) in [4.78, 5) is 0. The minimum atomic E-state index is -0.00996. The minimum Gasteiger partial charge on any atom is -0.507 e. The van der Waals surface area contributed by atoms with Crippen molar-refractivity contribution in [3.8, 4) is 45.3 Å². The molecule has 40 heavy (non-hydrogen) atoms. The summed E-state index contributed by atoms with van der Waals surface area (Å²) >= 11 is 0. The molecule has 0 amide bonds. The van der Waals surface area contributed by atoms with Gasteiger partial charge in [-0.25, -0.2) is 0 Å². The van der Waals surface area contributed by atoms with Crippen LogP contribution in [0.1, 0.15) is 57.9 Å². The summed E-state index contributed by atoms with van der Waals surface area (Å²) < 4.78 is 12.7. The van der Waals surface area contributed by atoms with E-state index in [-0.39, 0.29) is 6.10 Å². The third-order valence-corrected chi connectivity index (χ3v) is 7.66. The molecular weight excluding hydrogens is 496 g/mol. The van der Waals surface area contributed by atoms with E-state index >= 15 is 0 Å². The zero-order chi connectivity index (χ0) is 29.3. The minimum absolute atomic E-state index is 0.00996. The Morgan fingerprint density at radius 2 is 0.800 bits per heavy atom. The average Bonchev–Trinajstić information content (AvgIpc) is 2.88. The molecule has 0 saturated heterocycles. The molecule has 0 aliphatic rings. The van der Waals surface area contributed by atoms with Gasteiger partial charge in [-0.3, -0.25) is 0 Å². The summed E-state index contributed by atoms with van der Waals surface area (Å²) in [5, 5.41) is 20.3. The van der Waals surface area contributed by atoms with Crippen LogP contribution < -0.4 is 9.47 Å². The van der Waals surface area contributed by atoms with Crippen LogP contribution in [0.4, 0.5) is 0 Å². The Balaban J connectivity index is 1.42. The molecule has 1 unspecified atom stereocenters. The van der Waals surface area contributed by atoms with Crippen molar-refractivity contribution in [2.75, 3.05) is 6.61 Å². The highest BCUT2D eigenvalue weighted by Gasteiger charge is 2.15. The van der Waals surface area contributed by atoms with Crippen LogP contribution in [0.25, 0.3) is 22.3 Å². The molecule has 4 aromatic rings.